The lowest BCUT2D eigenvalue weighted by molar-refractivity contribution is -0.120. The minimum absolute atomic E-state index is 0.0687. The third-order valence-electron chi connectivity index (χ3n) is 3.50. The molecule has 1 aromatic rings. The lowest BCUT2D eigenvalue weighted by Crippen LogP contribution is -2.34. The van der Waals surface area contributed by atoms with Gasteiger partial charge in [0.2, 0.25) is 5.91 Å². The predicted octanol–water partition coefficient (Wildman–Crippen LogP) is 1.84. The van der Waals surface area contributed by atoms with Crippen LogP contribution in [0.5, 0.6) is 0 Å². The minimum atomic E-state index is -1.05. The zero-order chi connectivity index (χ0) is 13.8. The molecule has 0 radical (unpaired) electrons. The third-order valence-corrected chi connectivity index (χ3v) is 3.50. The number of hydrogen-bond acceptors (Lipinski definition) is 3. The van der Waals surface area contributed by atoms with Gasteiger partial charge in [-0.15, -0.1) is 0 Å². The average Bonchev–Trinajstić information content (AvgIpc) is 2.39. The van der Waals surface area contributed by atoms with Gasteiger partial charge in [0, 0.05) is 12.0 Å². The Labute approximate surface area is 111 Å². The maximum absolute atomic E-state index is 12.1. The van der Waals surface area contributed by atoms with Crippen LogP contribution in [0.25, 0.3) is 0 Å². The van der Waals surface area contributed by atoms with Gasteiger partial charge in [0.15, 0.2) is 0 Å². The summed E-state index contributed by atoms with van der Waals surface area (Å²) in [6.07, 6.45) is 3.38. The van der Waals surface area contributed by atoms with Gasteiger partial charge in [-0.1, -0.05) is 18.6 Å². The van der Waals surface area contributed by atoms with Crippen molar-refractivity contribution in [2.75, 3.05) is 5.32 Å². The van der Waals surface area contributed by atoms with E-state index in [1.165, 1.54) is 6.07 Å². The molecule has 2 atom stereocenters. The van der Waals surface area contributed by atoms with E-state index in [0.717, 1.165) is 19.3 Å². The molecule has 0 aromatic heterocycles. The van der Waals surface area contributed by atoms with Gasteiger partial charge in [0.05, 0.1) is 11.3 Å². The molecule has 4 N–H and O–H groups in total. The molecule has 1 aliphatic rings. The van der Waals surface area contributed by atoms with Crippen LogP contribution in [-0.4, -0.2) is 23.0 Å². The van der Waals surface area contributed by atoms with Crippen molar-refractivity contribution in [1.29, 1.82) is 0 Å². The molecule has 1 fully saturated rings. The summed E-state index contributed by atoms with van der Waals surface area (Å²) >= 11 is 0. The molecule has 19 heavy (non-hydrogen) atoms. The Hall–Kier alpha value is -1.88. The van der Waals surface area contributed by atoms with Gasteiger partial charge in [-0.3, -0.25) is 4.79 Å². The molecule has 5 nitrogen and oxygen atoms in total. The summed E-state index contributed by atoms with van der Waals surface area (Å²) in [5.41, 5.74) is 6.31. The number of carboxylic acid groups (broad SMARTS) is 1. The van der Waals surface area contributed by atoms with Crippen molar-refractivity contribution in [3.63, 3.8) is 0 Å². The zero-order valence-electron chi connectivity index (χ0n) is 10.6. The molecule has 1 aromatic carbocycles. The number of para-hydroxylation sites is 1. The molecule has 0 aliphatic heterocycles. The Morgan fingerprint density at radius 2 is 2.00 bits per heavy atom. The van der Waals surface area contributed by atoms with Crippen LogP contribution in [0.4, 0.5) is 5.69 Å². The van der Waals surface area contributed by atoms with Gasteiger partial charge in [-0.2, -0.15) is 0 Å². The molecule has 0 spiro atoms. The summed E-state index contributed by atoms with van der Waals surface area (Å²) in [6, 6.07) is 6.48. The van der Waals surface area contributed by atoms with Crippen molar-refractivity contribution in [2.45, 2.75) is 31.7 Å². The number of nitrogens with two attached hydrogens (primary N) is 1. The first kappa shape index (κ1) is 13.5. The minimum Gasteiger partial charge on any atom is -0.478 e. The zero-order valence-corrected chi connectivity index (χ0v) is 10.6. The summed E-state index contributed by atoms with van der Waals surface area (Å²) in [6.45, 7) is 0. The second kappa shape index (κ2) is 5.84. The molecule has 1 saturated carbocycles. The van der Waals surface area contributed by atoms with Crippen LogP contribution >= 0.6 is 0 Å². The van der Waals surface area contributed by atoms with Crippen LogP contribution in [-0.2, 0) is 4.79 Å². The van der Waals surface area contributed by atoms with E-state index in [0.29, 0.717) is 12.1 Å². The molecule has 2 rings (SSSR count). The highest BCUT2D eigenvalue weighted by Crippen LogP contribution is 2.25. The highest BCUT2D eigenvalue weighted by molar-refractivity contribution is 6.01. The molecule has 0 bridgehead atoms. The van der Waals surface area contributed by atoms with Gasteiger partial charge < -0.3 is 16.2 Å². The highest BCUT2D eigenvalue weighted by Gasteiger charge is 2.26. The SMILES string of the molecule is NC1CCCC(C(=O)Nc2ccccc2C(=O)O)C1. The maximum Gasteiger partial charge on any atom is 0.337 e. The summed E-state index contributed by atoms with van der Waals surface area (Å²) in [5, 5.41) is 11.8. The molecular weight excluding hydrogens is 244 g/mol. The monoisotopic (exact) mass is 262 g/mol. The fourth-order valence-electron chi connectivity index (χ4n) is 2.48. The topological polar surface area (TPSA) is 92.4 Å². The predicted molar refractivity (Wildman–Crippen MR) is 72.0 cm³/mol. The molecule has 5 heteroatoms. The van der Waals surface area contributed by atoms with Crippen molar-refractivity contribution in [3.05, 3.63) is 29.8 Å². The number of amides is 1. The number of nitrogens with one attached hydrogen (secondary N) is 1. The molecule has 1 aliphatic carbocycles. The van der Waals surface area contributed by atoms with E-state index in [4.69, 9.17) is 10.8 Å². The summed E-state index contributed by atoms with van der Waals surface area (Å²) in [4.78, 5) is 23.2. The average molecular weight is 262 g/mol. The van der Waals surface area contributed by atoms with Crippen molar-refractivity contribution in [2.24, 2.45) is 11.7 Å². The van der Waals surface area contributed by atoms with Crippen LogP contribution < -0.4 is 11.1 Å². The van der Waals surface area contributed by atoms with Gasteiger partial charge in [0.25, 0.3) is 0 Å². The normalized spacial score (nSPS) is 22.8. The maximum atomic E-state index is 12.1. The molecular formula is C14H18N2O3. The van der Waals surface area contributed by atoms with E-state index >= 15 is 0 Å². The van der Waals surface area contributed by atoms with Crippen molar-refractivity contribution < 1.29 is 14.7 Å². The Kier molecular flexibility index (Phi) is 4.16. The largest absolute Gasteiger partial charge is 0.478 e. The first-order valence-corrected chi connectivity index (χ1v) is 6.46. The van der Waals surface area contributed by atoms with Crippen LogP contribution in [0, 0.1) is 5.92 Å². The number of hydrogen-bond donors (Lipinski definition) is 3. The Bertz CT molecular complexity index is 487. The number of benzene rings is 1. The number of rotatable bonds is 3. The molecule has 2 unspecified atom stereocenters. The third kappa shape index (κ3) is 3.32. The number of carbonyl (C=O) groups is 2. The second-order valence-electron chi connectivity index (χ2n) is 4.96. The van der Waals surface area contributed by atoms with Crippen LogP contribution in [0.2, 0.25) is 0 Å². The van der Waals surface area contributed by atoms with Crippen LogP contribution in [0.3, 0.4) is 0 Å². The van der Waals surface area contributed by atoms with Crippen LogP contribution in [0.15, 0.2) is 24.3 Å². The van der Waals surface area contributed by atoms with Gasteiger partial charge >= 0.3 is 5.97 Å². The Morgan fingerprint density at radius 3 is 2.68 bits per heavy atom. The Morgan fingerprint density at radius 1 is 1.26 bits per heavy atom. The van der Waals surface area contributed by atoms with E-state index in [-0.39, 0.29) is 23.4 Å². The number of aromatic carboxylic acids is 1. The molecule has 1 amide bonds. The van der Waals surface area contributed by atoms with Gasteiger partial charge in [0.1, 0.15) is 0 Å². The summed E-state index contributed by atoms with van der Waals surface area (Å²) < 4.78 is 0. The summed E-state index contributed by atoms with van der Waals surface area (Å²) in [7, 11) is 0. The second-order valence-corrected chi connectivity index (χ2v) is 4.96. The van der Waals surface area contributed by atoms with Crippen molar-refractivity contribution in [1.82, 2.24) is 0 Å². The van der Waals surface area contributed by atoms with E-state index in [1.807, 2.05) is 0 Å². The van der Waals surface area contributed by atoms with Gasteiger partial charge in [-0.05, 0) is 31.4 Å². The van der Waals surface area contributed by atoms with Crippen LogP contribution in [0.1, 0.15) is 36.0 Å². The first-order valence-electron chi connectivity index (χ1n) is 6.46. The van der Waals surface area contributed by atoms with E-state index in [2.05, 4.69) is 5.32 Å². The number of anilines is 1. The number of carbonyl (C=O) groups excluding carboxylic acids is 1. The highest BCUT2D eigenvalue weighted by atomic mass is 16.4. The quantitative estimate of drug-likeness (QED) is 0.775. The van der Waals surface area contributed by atoms with Crippen molar-refractivity contribution >= 4 is 17.6 Å². The van der Waals surface area contributed by atoms with E-state index in [1.54, 1.807) is 18.2 Å². The molecule has 0 saturated heterocycles. The fourth-order valence-corrected chi connectivity index (χ4v) is 2.48. The lowest BCUT2D eigenvalue weighted by Gasteiger charge is -2.25. The molecule has 0 heterocycles. The Balaban J connectivity index is 2.08. The number of carboxylic acids is 1. The van der Waals surface area contributed by atoms with E-state index in [9.17, 15) is 9.59 Å². The molecule has 102 valence electrons. The van der Waals surface area contributed by atoms with E-state index < -0.39 is 5.97 Å². The van der Waals surface area contributed by atoms with Gasteiger partial charge in [-0.25, -0.2) is 4.79 Å². The fraction of sp³-hybridized carbons (Fsp3) is 0.429. The standard InChI is InChI=1S/C14H18N2O3/c15-10-5-3-4-9(8-10)13(17)16-12-7-2-1-6-11(12)14(18)19/h1-2,6-7,9-10H,3-5,8,15H2,(H,16,17)(H,18,19). The smallest absolute Gasteiger partial charge is 0.337 e. The first-order chi connectivity index (χ1) is 9.08. The van der Waals surface area contributed by atoms with Crippen molar-refractivity contribution in [3.8, 4) is 0 Å². The lowest BCUT2D eigenvalue weighted by atomic mass is 9.85. The summed E-state index contributed by atoms with van der Waals surface area (Å²) in [5.74, 6) is -1.30.